The van der Waals surface area contributed by atoms with Gasteiger partial charge in [0.05, 0.1) is 18.6 Å². The predicted octanol–water partition coefficient (Wildman–Crippen LogP) is 2.12. The lowest BCUT2D eigenvalue weighted by Crippen LogP contribution is -2.38. The lowest BCUT2D eigenvalue weighted by atomic mass is 9.86. The zero-order chi connectivity index (χ0) is 13.2. The molecule has 1 N–H and O–H groups in total. The van der Waals surface area contributed by atoms with Crippen molar-refractivity contribution in [3.63, 3.8) is 0 Å². The third-order valence-corrected chi connectivity index (χ3v) is 3.06. The lowest BCUT2D eigenvalue weighted by Gasteiger charge is -2.26. The Hall–Kier alpha value is -1.55. The second kappa shape index (κ2) is 4.98. The van der Waals surface area contributed by atoms with Gasteiger partial charge in [-0.15, -0.1) is 0 Å². The van der Waals surface area contributed by atoms with Crippen LogP contribution in [-0.4, -0.2) is 30.4 Å². The van der Waals surface area contributed by atoms with Gasteiger partial charge in [-0.25, -0.2) is 0 Å². The molecule has 1 aliphatic heterocycles. The highest BCUT2D eigenvalue weighted by Crippen LogP contribution is 2.24. The Morgan fingerprint density at radius 2 is 2.00 bits per heavy atom. The number of aliphatic carboxylic acids is 1. The quantitative estimate of drug-likeness (QED) is 0.869. The van der Waals surface area contributed by atoms with Gasteiger partial charge < -0.3 is 14.6 Å². The number of carboxylic acids is 1. The maximum atomic E-state index is 11.0. The highest BCUT2D eigenvalue weighted by molar-refractivity contribution is 5.74. The summed E-state index contributed by atoms with van der Waals surface area (Å²) >= 11 is 0. The molecule has 4 heteroatoms. The van der Waals surface area contributed by atoms with E-state index in [4.69, 9.17) is 14.6 Å². The van der Waals surface area contributed by atoms with Crippen LogP contribution in [0.3, 0.4) is 0 Å². The van der Waals surface area contributed by atoms with Crippen LogP contribution in [0.25, 0.3) is 0 Å². The van der Waals surface area contributed by atoms with Crippen molar-refractivity contribution in [2.75, 3.05) is 13.2 Å². The van der Waals surface area contributed by atoms with Gasteiger partial charge in [-0.2, -0.15) is 0 Å². The van der Waals surface area contributed by atoms with Crippen LogP contribution in [0.1, 0.15) is 19.4 Å². The van der Waals surface area contributed by atoms with Crippen LogP contribution in [0.5, 0.6) is 5.75 Å². The van der Waals surface area contributed by atoms with E-state index in [1.54, 1.807) is 13.8 Å². The zero-order valence-electron chi connectivity index (χ0n) is 10.7. The molecule has 2 rings (SSSR count). The van der Waals surface area contributed by atoms with Crippen molar-refractivity contribution in [3.05, 3.63) is 29.8 Å². The highest BCUT2D eigenvalue weighted by Gasteiger charge is 2.27. The highest BCUT2D eigenvalue weighted by atomic mass is 16.6. The van der Waals surface area contributed by atoms with Crippen molar-refractivity contribution in [1.82, 2.24) is 0 Å². The summed E-state index contributed by atoms with van der Waals surface area (Å²) in [5.74, 6) is 0.0228. The molecule has 0 atom stereocenters. The summed E-state index contributed by atoms with van der Waals surface area (Å²) < 4.78 is 10.7. The molecule has 1 fully saturated rings. The van der Waals surface area contributed by atoms with Crippen molar-refractivity contribution in [1.29, 1.82) is 0 Å². The molecule has 1 heterocycles. The molecule has 1 aromatic carbocycles. The minimum absolute atomic E-state index is 0.159. The maximum Gasteiger partial charge on any atom is 0.309 e. The molecule has 98 valence electrons. The molecule has 0 amide bonds. The summed E-state index contributed by atoms with van der Waals surface area (Å²) in [4.78, 5) is 11.0. The Bertz CT molecular complexity index is 418. The third kappa shape index (κ3) is 3.01. The van der Waals surface area contributed by atoms with E-state index in [1.165, 1.54) is 0 Å². The first kappa shape index (κ1) is 12.9. The molecule has 1 saturated heterocycles. The molecular formula is C14H18O4. The third-order valence-electron chi connectivity index (χ3n) is 3.06. The van der Waals surface area contributed by atoms with E-state index in [1.807, 2.05) is 24.3 Å². The van der Waals surface area contributed by atoms with Gasteiger partial charge in [-0.1, -0.05) is 12.1 Å². The Labute approximate surface area is 107 Å². The van der Waals surface area contributed by atoms with Crippen molar-refractivity contribution in [2.24, 2.45) is 5.41 Å². The van der Waals surface area contributed by atoms with Crippen molar-refractivity contribution < 1.29 is 19.4 Å². The fourth-order valence-corrected chi connectivity index (χ4v) is 1.75. The molecule has 0 aromatic heterocycles. The minimum atomic E-state index is -0.783. The smallest absolute Gasteiger partial charge is 0.309 e. The molecule has 0 radical (unpaired) electrons. The first-order valence-electron chi connectivity index (χ1n) is 6.04. The van der Waals surface area contributed by atoms with Gasteiger partial charge in [0.1, 0.15) is 11.9 Å². The molecule has 1 aromatic rings. The van der Waals surface area contributed by atoms with Gasteiger partial charge in [-0.3, -0.25) is 4.79 Å². The number of rotatable bonds is 5. The molecule has 1 aliphatic rings. The van der Waals surface area contributed by atoms with Crippen molar-refractivity contribution in [2.45, 2.75) is 26.4 Å². The molecule has 18 heavy (non-hydrogen) atoms. The van der Waals surface area contributed by atoms with Crippen LogP contribution in [0.15, 0.2) is 24.3 Å². The summed E-state index contributed by atoms with van der Waals surface area (Å²) in [7, 11) is 0. The van der Waals surface area contributed by atoms with Crippen LogP contribution in [0.4, 0.5) is 0 Å². The van der Waals surface area contributed by atoms with Gasteiger partial charge >= 0.3 is 5.97 Å². The Balaban J connectivity index is 1.96. The monoisotopic (exact) mass is 250 g/mol. The van der Waals surface area contributed by atoms with Gasteiger partial charge in [-0.05, 0) is 38.0 Å². The fraction of sp³-hybridized carbons (Fsp3) is 0.500. The van der Waals surface area contributed by atoms with E-state index in [2.05, 4.69) is 0 Å². The summed E-state index contributed by atoms with van der Waals surface area (Å²) in [6.45, 7) is 4.75. The summed E-state index contributed by atoms with van der Waals surface area (Å²) in [6, 6.07) is 7.59. The van der Waals surface area contributed by atoms with E-state index in [0.717, 1.165) is 11.3 Å². The SMILES string of the molecule is CC(C)(Cc1ccc(OC2COC2)cc1)C(=O)O. The van der Waals surface area contributed by atoms with Gasteiger partial charge in [0.25, 0.3) is 0 Å². The number of hydrogen-bond donors (Lipinski definition) is 1. The molecule has 0 unspecified atom stereocenters. The molecule has 0 bridgehead atoms. The van der Waals surface area contributed by atoms with Crippen LogP contribution in [0.2, 0.25) is 0 Å². The standard InChI is InChI=1S/C14H18O4/c1-14(2,13(15)16)7-10-3-5-11(6-4-10)18-12-8-17-9-12/h3-6,12H,7-9H2,1-2H3,(H,15,16). The second-order valence-corrected chi connectivity index (χ2v) is 5.29. The van der Waals surface area contributed by atoms with Gasteiger partial charge in [0, 0.05) is 0 Å². The second-order valence-electron chi connectivity index (χ2n) is 5.29. The van der Waals surface area contributed by atoms with E-state index in [9.17, 15) is 4.79 Å². The van der Waals surface area contributed by atoms with E-state index < -0.39 is 11.4 Å². The Kier molecular flexibility index (Phi) is 3.57. The molecule has 0 aliphatic carbocycles. The van der Waals surface area contributed by atoms with Crippen LogP contribution in [0, 0.1) is 5.41 Å². The Morgan fingerprint density at radius 3 is 2.44 bits per heavy atom. The molecule has 0 spiro atoms. The number of benzene rings is 1. The van der Waals surface area contributed by atoms with E-state index in [0.29, 0.717) is 19.6 Å². The van der Waals surface area contributed by atoms with Gasteiger partial charge in [0.2, 0.25) is 0 Å². The summed E-state index contributed by atoms with van der Waals surface area (Å²) in [5.41, 5.74) is 0.254. The normalized spacial score (nSPS) is 16.1. The minimum Gasteiger partial charge on any atom is -0.486 e. The lowest BCUT2D eigenvalue weighted by molar-refractivity contribution is -0.146. The Morgan fingerprint density at radius 1 is 1.39 bits per heavy atom. The number of hydrogen-bond acceptors (Lipinski definition) is 3. The van der Waals surface area contributed by atoms with Crippen LogP contribution >= 0.6 is 0 Å². The largest absolute Gasteiger partial charge is 0.486 e. The van der Waals surface area contributed by atoms with Crippen molar-refractivity contribution >= 4 is 5.97 Å². The van der Waals surface area contributed by atoms with Crippen LogP contribution < -0.4 is 4.74 Å². The average Bonchev–Trinajstić information content (AvgIpc) is 2.25. The molecular weight excluding hydrogens is 232 g/mol. The predicted molar refractivity (Wildman–Crippen MR) is 66.8 cm³/mol. The summed E-state index contributed by atoms with van der Waals surface area (Å²) in [5, 5.41) is 9.08. The molecule has 0 saturated carbocycles. The van der Waals surface area contributed by atoms with Crippen LogP contribution in [-0.2, 0) is 16.0 Å². The summed E-state index contributed by atoms with van der Waals surface area (Å²) in [6.07, 6.45) is 0.668. The van der Waals surface area contributed by atoms with E-state index in [-0.39, 0.29) is 6.10 Å². The van der Waals surface area contributed by atoms with Crippen molar-refractivity contribution in [3.8, 4) is 5.75 Å². The van der Waals surface area contributed by atoms with E-state index >= 15 is 0 Å². The first-order chi connectivity index (χ1) is 8.47. The topological polar surface area (TPSA) is 55.8 Å². The number of carboxylic acid groups (broad SMARTS) is 1. The zero-order valence-corrected chi connectivity index (χ0v) is 10.7. The maximum absolute atomic E-state index is 11.0. The number of carbonyl (C=O) groups is 1. The molecule has 4 nitrogen and oxygen atoms in total. The van der Waals surface area contributed by atoms with Gasteiger partial charge in [0.15, 0.2) is 0 Å². The number of ether oxygens (including phenoxy) is 2. The first-order valence-corrected chi connectivity index (χ1v) is 6.04. The fourth-order valence-electron chi connectivity index (χ4n) is 1.75. The average molecular weight is 250 g/mol.